The number of hydrogen-bond acceptors (Lipinski definition) is 4. The second kappa shape index (κ2) is 7.57. The minimum absolute atomic E-state index is 0.365. The summed E-state index contributed by atoms with van der Waals surface area (Å²) in [5.41, 5.74) is 0.992. The van der Waals surface area contributed by atoms with Gasteiger partial charge in [0.2, 0.25) is 0 Å². The summed E-state index contributed by atoms with van der Waals surface area (Å²) in [6, 6.07) is 18.9. The molecule has 3 rings (SSSR count). The van der Waals surface area contributed by atoms with Crippen LogP contribution in [0, 0.1) is 0 Å². The number of benzene rings is 3. The summed E-state index contributed by atoms with van der Waals surface area (Å²) in [6.45, 7) is 0.385. The molecule has 3 aromatic carbocycles. The highest BCUT2D eigenvalue weighted by atomic mass is 16.6. The topological polar surface area (TPSA) is 56.8 Å². The first kappa shape index (κ1) is 16.6. The molecule has 0 radical (unpaired) electrons. The smallest absolute Gasteiger partial charge is 0.413 e. The minimum atomic E-state index is -0.544. The third kappa shape index (κ3) is 3.66. The molecule has 5 heteroatoms. The predicted octanol–water partition coefficient (Wildman–Crippen LogP) is 4.15. The number of ether oxygens (including phenoxy) is 3. The van der Waals surface area contributed by atoms with Crippen molar-refractivity contribution in [3.8, 4) is 17.2 Å². The molecule has 0 unspecified atom stereocenters. The molecule has 128 valence electrons. The van der Waals surface area contributed by atoms with E-state index >= 15 is 0 Å². The highest BCUT2D eigenvalue weighted by Gasteiger charge is 2.17. The number of nitrogens with one attached hydrogen (secondary N) is 1. The molecular weight excluding hydrogens is 318 g/mol. The predicted molar refractivity (Wildman–Crippen MR) is 96.4 cm³/mol. The van der Waals surface area contributed by atoms with Gasteiger partial charge in [-0.15, -0.1) is 0 Å². The molecule has 3 aromatic rings. The normalized spacial score (nSPS) is 10.3. The molecule has 25 heavy (non-hydrogen) atoms. The van der Waals surface area contributed by atoms with E-state index in [-0.39, 0.29) is 0 Å². The van der Waals surface area contributed by atoms with E-state index in [1.165, 1.54) is 7.11 Å². The molecule has 0 spiro atoms. The van der Waals surface area contributed by atoms with Crippen LogP contribution in [0.25, 0.3) is 10.8 Å². The lowest BCUT2D eigenvalue weighted by Crippen LogP contribution is -2.26. The fourth-order valence-electron chi connectivity index (χ4n) is 2.62. The van der Waals surface area contributed by atoms with Gasteiger partial charge in [0.15, 0.2) is 11.5 Å². The van der Waals surface area contributed by atoms with Crippen molar-refractivity contribution < 1.29 is 19.0 Å². The minimum Gasteiger partial charge on any atom is -0.496 e. The van der Waals surface area contributed by atoms with Crippen LogP contribution in [0.15, 0.2) is 60.7 Å². The molecule has 0 aliphatic carbocycles. The monoisotopic (exact) mass is 337 g/mol. The number of carbonyl (C=O) groups is 1. The number of amides is 1. The number of carbonyl (C=O) groups excluding carboxylic acids is 1. The van der Waals surface area contributed by atoms with E-state index < -0.39 is 6.09 Å². The molecule has 0 saturated heterocycles. The Balaban J connectivity index is 1.86. The molecule has 0 aliphatic rings. The van der Waals surface area contributed by atoms with E-state index in [0.717, 1.165) is 16.3 Å². The van der Waals surface area contributed by atoms with Gasteiger partial charge in [-0.2, -0.15) is 0 Å². The molecule has 0 aromatic heterocycles. The van der Waals surface area contributed by atoms with Crippen molar-refractivity contribution in [2.45, 2.75) is 6.54 Å². The summed E-state index contributed by atoms with van der Waals surface area (Å²) in [4.78, 5) is 12.2. The summed E-state index contributed by atoms with van der Waals surface area (Å²) in [7, 11) is 3.12. The Labute approximate surface area is 146 Å². The van der Waals surface area contributed by atoms with E-state index in [4.69, 9.17) is 14.2 Å². The van der Waals surface area contributed by atoms with Crippen LogP contribution < -0.4 is 19.5 Å². The van der Waals surface area contributed by atoms with E-state index in [1.807, 2.05) is 54.6 Å². The lowest BCUT2D eigenvalue weighted by molar-refractivity contribution is 0.198. The van der Waals surface area contributed by atoms with Crippen LogP contribution in [0.1, 0.15) is 5.56 Å². The Morgan fingerprint density at radius 1 is 0.880 bits per heavy atom. The summed E-state index contributed by atoms with van der Waals surface area (Å²) in [6.07, 6.45) is -0.544. The molecule has 0 saturated carbocycles. The number of hydrogen-bond donors (Lipinski definition) is 1. The zero-order valence-corrected chi connectivity index (χ0v) is 14.1. The Morgan fingerprint density at radius 2 is 1.52 bits per heavy atom. The zero-order chi connectivity index (χ0) is 17.6. The summed E-state index contributed by atoms with van der Waals surface area (Å²) in [5, 5.41) is 4.33. The van der Waals surface area contributed by atoms with Crippen LogP contribution in [0.2, 0.25) is 0 Å². The van der Waals surface area contributed by atoms with Crippen molar-refractivity contribution in [1.82, 2.24) is 5.32 Å². The molecule has 5 nitrogen and oxygen atoms in total. The quantitative estimate of drug-likeness (QED) is 0.760. The second-order valence-corrected chi connectivity index (χ2v) is 5.38. The van der Waals surface area contributed by atoms with Crippen molar-refractivity contribution in [1.29, 1.82) is 0 Å². The maximum absolute atomic E-state index is 12.2. The maximum Gasteiger partial charge on any atom is 0.413 e. The second-order valence-electron chi connectivity index (χ2n) is 5.38. The molecule has 0 bridgehead atoms. The van der Waals surface area contributed by atoms with Gasteiger partial charge in [0.25, 0.3) is 0 Å². The first-order chi connectivity index (χ1) is 12.2. The summed E-state index contributed by atoms with van der Waals surface area (Å²) in [5.74, 6) is 1.46. The molecule has 0 heterocycles. The van der Waals surface area contributed by atoms with Crippen LogP contribution >= 0.6 is 0 Å². The lowest BCUT2D eigenvalue weighted by atomic mass is 10.1. The van der Waals surface area contributed by atoms with Crippen molar-refractivity contribution in [2.75, 3.05) is 14.2 Å². The van der Waals surface area contributed by atoms with E-state index in [0.29, 0.717) is 23.8 Å². The van der Waals surface area contributed by atoms with Gasteiger partial charge in [0.05, 0.1) is 14.2 Å². The molecule has 1 amide bonds. The maximum atomic E-state index is 12.2. The van der Waals surface area contributed by atoms with Gasteiger partial charge >= 0.3 is 6.09 Å². The number of fused-ring (bicyclic) bond motifs is 1. The molecule has 0 atom stereocenters. The Morgan fingerprint density at radius 3 is 2.20 bits per heavy atom. The summed E-state index contributed by atoms with van der Waals surface area (Å²) >= 11 is 0. The highest BCUT2D eigenvalue weighted by molar-refractivity contribution is 5.97. The van der Waals surface area contributed by atoms with Gasteiger partial charge in [0.1, 0.15) is 5.75 Å². The Bertz CT molecular complexity index is 878. The van der Waals surface area contributed by atoms with Crippen LogP contribution in [0.5, 0.6) is 17.2 Å². The molecule has 0 aliphatic heterocycles. The lowest BCUT2D eigenvalue weighted by Gasteiger charge is -2.15. The van der Waals surface area contributed by atoms with Gasteiger partial charge in [-0.3, -0.25) is 0 Å². The van der Waals surface area contributed by atoms with E-state index in [1.54, 1.807) is 13.2 Å². The SMILES string of the molecule is COc1cc(OC)c2ccccc2c1OC(=O)NCc1ccccc1. The van der Waals surface area contributed by atoms with Gasteiger partial charge in [0, 0.05) is 23.4 Å². The fourth-order valence-corrected chi connectivity index (χ4v) is 2.62. The molecular formula is C20H19NO4. The van der Waals surface area contributed by atoms with Crippen molar-refractivity contribution in [3.63, 3.8) is 0 Å². The first-order valence-electron chi connectivity index (χ1n) is 7.86. The van der Waals surface area contributed by atoms with Crippen molar-refractivity contribution in [2.24, 2.45) is 0 Å². The third-order valence-electron chi connectivity index (χ3n) is 3.84. The molecule has 1 N–H and O–H groups in total. The van der Waals surface area contributed by atoms with Crippen LogP contribution in [0.4, 0.5) is 4.79 Å². The average molecular weight is 337 g/mol. The largest absolute Gasteiger partial charge is 0.496 e. The van der Waals surface area contributed by atoms with Crippen molar-refractivity contribution in [3.05, 3.63) is 66.2 Å². The van der Waals surface area contributed by atoms with E-state index in [9.17, 15) is 4.79 Å². The van der Waals surface area contributed by atoms with Crippen LogP contribution in [-0.4, -0.2) is 20.3 Å². The highest BCUT2D eigenvalue weighted by Crippen LogP contribution is 2.41. The zero-order valence-electron chi connectivity index (χ0n) is 14.1. The van der Waals surface area contributed by atoms with Crippen LogP contribution in [-0.2, 0) is 6.54 Å². The number of methoxy groups -OCH3 is 2. The van der Waals surface area contributed by atoms with Crippen LogP contribution in [0.3, 0.4) is 0 Å². The standard InChI is InChI=1S/C20H19NO4/c1-23-17-12-18(24-2)19(16-11-7-6-10-15(16)17)25-20(22)21-13-14-8-4-3-5-9-14/h3-12H,13H2,1-2H3,(H,21,22). The van der Waals surface area contributed by atoms with Gasteiger partial charge in [-0.25, -0.2) is 4.79 Å². The third-order valence-corrected chi connectivity index (χ3v) is 3.84. The van der Waals surface area contributed by atoms with E-state index in [2.05, 4.69) is 5.32 Å². The van der Waals surface area contributed by atoms with Gasteiger partial charge < -0.3 is 19.5 Å². The Hall–Kier alpha value is -3.21. The van der Waals surface area contributed by atoms with Gasteiger partial charge in [-0.05, 0) is 5.56 Å². The molecule has 0 fully saturated rings. The average Bonchev–Trinajstić information content (AvgIpc) is 2.67. The first-order valence-corrected chi connectivity index (χ1v) is 7.86. The van der Waals surface area contributed by atoms with Gasteiger partial charge in [-0.1, -0.05) is 54.6 Å². The fraction of sp³-hybridized carbons (Fsp3) is 0.150. The number of rotatable bonds is 5. The summed E-state index contributed by atoms with van der Waals surface area (Å²) < 4.78 is 16.3. The Kier molecular flexibility index (Phi) is 5.04. The van der Waals surface area contributed by atoms with Crippen molar-refractivity contribution >= 4 is 16.9 Å².